The average molecular weight is 279 g/mol. The lowest BCUT2D eigenvalue weighted by molar-refractivity contribution is 0.0912. The molecule has 3 rings (SSSR count). The van der Waals surface area contributed by atoms with Gasteiger partial charge >= 0.3 is 0 Å². The summed E-state index contributed by atoms with van der Waals surface area (Å²) in [5.74, 6) is 1.27. The highest BCUT2D eigenvalue weighted by atomic mass is 32.1. The number of aromatic nitrogens is 2. The molecule has 1 saturated carbocycles. The number of hydrogen-bond donors (Lipinski definition) is 1. The Hall–Kier alpha value is -1.24. The third-order valence-corrected chi connectivity index (χ3v) is 4.24. The molecule has 5 nitrogen and oxygen atoms in total. The minimum atomic E-state index is 0.172. The Kier molecular flexibility index (Phi) is 3.91. The summed E-state index contributed by atoms with van der Waals surface area (Å²) in [5, 5.41) is 17.2. The Morgan fingerprint density at radius 3 is 3.00 bits per heavy atom. The van der Waals surface area contributed by atoms with Crippen molar-refractivity contribution in [3.63, 3.8) is 0 Å². The summed E-state index contributed by atoms with van der Waals surface area (Å²) in [6, 6.07) is 2.54. The Labute approximate surface area is 115 Å². The van der Waals surface area contributed by atoms with Crippen molar-refractivity contribution in [1.29, 1.82) is 0 Å². The average Bonchev–Trinajstić information content (AvgIpc) is 2.95. The molecule has 0 bridgehead atoms. The SMILES string of the molecule is OCCN(Cc1noc(-c2ccsc2)n1)C1CCC1. The number of aliphatic hydroxyl groups excluding tert-OH is 1. The predicted molar refractivity (Wildman–Crippen MR) is 72.7 cm³/mol. The number of hydrogen-bond acceptors (Lipinski definition) is 6. The van der Waals surface area contributed by atoms with Crippen molar-refractivity contribution in [2.75, 3.05) is 13.2 Å². The first-order valence-electron chi connectivity index (χ1n) is 6.57. The van der Waals surface area contributed by atoms with E-state index in [4.69, 9.17) is 9.63 Å². The normalized spacial score (nSPS) is 15.9. The maximum atomic E-state index is 9.13. The molecule has 0 aliphatic heterocycles. The molecule has 0 unspecified atom stereocenters. The standard InChI is InChI=1S/C13H17N3O2S/c17-6-5-16(11-2-1-3-11)8-12-14-13(18-15-12)10-4-7-19-9-10/h4,7,9,11,17H,1-3,5-6,8H2. The maximum absolute atomic E-state index is 9.13. The van der Waals surface area contributed by atoms with Gasteiger partial charge in [-0.3, -0.25) is 4.90 Å². The largest absolute Gasteiger partial charge is 0.395 e. The molecule has 19 heavy (non-hydrogen) atoms. The Morgan fingerprint density at radius 1 is 1.47 bits per heavy atom. The van der Waals surface area contributed by atoms with E-state index in [0.717, 1.165) is 5.56 Å². The van der Waals surface area contributed by atoms with Crippen LogP contribution in [0.3, 0.4) is 0 Å². The summed E-state index contributed by atoms with van der Waals surface area (Å²) in [5.41, 5.74) is 0.973. The van der Waals surface area contributed by atoms with Crippen LogP contribution >= 0.6 is 11.3 Å². The van der Waals surface area contributed by atoms with Crippen molar-refractivity contribution < 1.29 is 9.63 Å². The summed E-state index contributed by atoms with van der Waals surface area (Å²) >= 11 is 1.61. The van der Waals surface area contributed by atoms with E-state index in [1.54, 1.807) is 11.3 Å². The molecule has 1 N–H and O–H groups in total. The molecule has 6 heteroatoms. The molecule has 0 saturated heterocycles. The molecule has 1 fully saturated rings. The first-order chi connectivity index (χ1) is 9.36. The quantitative estimate of drug-likeness (QED) is 0.877. The van der Waals surface area contributed by atoms with E-state index >= 15 is 0 Å². The second-order valence-corrected chi connectivity index (χ2v) is 5.59. The zero-order valence-electron chi connectivity index (χ0n) is 10.7. The molecule has 102 valence electrons. The highest BCUT2D eigenvalue weighted by molar-refractivity contribution is 7.08. The maximum Gasteiger partial charge on any atom is 0.258 e. The first kappa shape index (κ1) is 12.8. The van der Waals surface area contributed by atoms with Gasteiger partial charge in [0.25, 0.3) is 5.89 Å². The number of aliphatic hydroxyl groups is 1. The zero-order valence-corrected chi connectivity index (χ0v) is 11.5. The van der Waals surface area contributed by atoms with Gasteiger partial charge in [0.15, 0.2) is 5.82 Å². The van der Waals surface area contributed by atoms with Crippen molar-refractivity contribution in [3.05, 3.63) is 22.7 Å². The molecule has 0 aromatic carbocycles. The molecular formula is C13H17N3O2S. The zero-order chi connectivity index (χ0) is 13.1. The molecular weight excluding hydrogens is 262 g/mol. The number of thiophene rings is 1. The Morgan fingerprint density at radius 2 is 2.37 bits per heavy atom. The van der Waals surface area contributed by atoms with E-state index < -0.39 is 0 Å². The van der Waals surface area contributed by atoms with Crippen LogP contribution in [0.1, 0.15) is 25.1 Å². The highest BCUT2D eigenvalue weighted by Gasteiger charge is 2.25. The molecule has 1 aliphatic carbocycles. The monoisotopic (exact) mass is 279 g/mol. The van der Waals surface area contributed by atoms with Crippen LogP contribution < -0.4 is 0 Å². The minimum absolute atomic E-state index is 0.172. The van der Waals surface area contributed by atoms with Gasteiger partial charge in [-0.1, -0.05) is 11.6 Å². The van der Waals surface area contributed by atoms with E-state index in [9.17, 15) is 0 Å². The lowest BCUT2D eigenvalue weighted by Gasteiger charge is -2.36. The second-order valence-electron chi connectivity index (χ2n) is 4.81. The fourth-order valence-corrected chi connectivity index (χ4v) is 2.90. The van der Waals surface area contributed by atoms with Crippen LogP contribution in [0, 0.1) is 0 Å². The molecule has 0 radical (unpaired) electrons. The van der Waals surface area contributed by atoms with Crippen LogP contribution in [0.5, 0.6) is 0 Å². The van der Waals surface area contributed by atoms with Crippen LogP contribution in [-0.2, 0) is 6.54 Å². The van der Waals surface area contributed by atoms with Crippen LogP contribution in [0.4, 0.5) is 0 Å². The predicted octanol–water partition coefficient (Wildman–Crippen LogP) is 2.14. The summed E-state index contributed by atoms with van der Waals surface area (Å²) < 4.78 is 5.28. The number of nitrogens with zero attached hydrogens (tertiary/aromatic N) is 3. The van der Waals surface area contributed by atoms with Crippen LogP contribution in [0.2, 0.25) is 0 Å². The van der Waals surface area contributed by atoms with E-state index in [1.807, 2.05) is 16.8 Å². The molecule has 0 atom stereocenters. The van der Waals surface area contributed by atoms with Gasteiger partial charge in [0.05, 0.1) is 18.7 Å². The fourth-order valence-electron chi connectivity index (χ4n) is 2.27. The molecule has 0 spiro atoms. The molecule has 0 amide bonds. The molecule has 2 aromatic heterocycles. The fraction of sp³-hybridized carbons (Fsp3) is 0.538. The van der Waals surface area contributed by atoms with Gasteiger partial charge in [-0.15, -0.1) is 0 Å². The van der Waals surface area contributed by atoms with Crippen molar-refractivity contribution in [1.82, 2.24) is 15.0 Å². The van der Waals surface area contributed by atoms with Crippen LogP contribution in [0.25, 0.3) is 11.5 Å². The van der Waals surface area contributed by atoms with E-state index in [2.05, 4.69) is 15.0 Å². The van der Waals surface area contributed by atoms with Gasteiger partial charge in [-0.2, -0.15) is 16.3 Å². The third kappa shape index (κ3) is 2.86. The van der Waals surface area contributed by atoms with Gasteiger partial charge in [0.1, 0.15) is 0 Å². The van der Waals surface area contributed by atoms with E-state index in [0.29, 0.717) is 30.8 Å². The lowest BCUT2D eigenvalue weighted by atomic mass is 9.91. The third-order valence-electron chi connectivity index (χ3n) is 3.56. The van der Waals surface area contributed by atoms with E-state index in [-0.39, 0.29) is 6.61 Å². The van der Waals surface area contributed by atoms with Gasteiger partial charge in [-0.25, -0.2) is 0 Å². The van der Waals surface area contributed by atoms with Gasteiger partial charge in [0.2, 0.25) is 0 Å². The minimum Gasteiger partial charge on any atom is -0.395 e. The van der Waals surface area contributed by atoms with Crippen LogP contribution in [0.15, 0.2) is 21.3 Å². The molecule has 2 heterocycles. The van der Waals surface area contributed by atoms with Crippen molar-refractivity contribution in [3.8, 4) is 11.5 Å². The highest BCUT2D eigenvalue weighted by Crippen LogP contribution is 2.26. The smallest absolute Gasteiger partial charge is 0.258 e. The van der Waals surface area contributed by atoms with Gasteiger partial charge < -0.3 is 9.63 Å². The number of rotatable bonds is 6. The Bertz CT molecular complexity index is 508. The summed E-state index contributed by atoms with van der Waals surface area (Å²) in [6.45, 7) is 1.50. The van der Waals surface area contributed by atoms with E-state index in [1.165, 1.54) is 19.3 Å². The van der Waals surface area contributed by atoms with Crippen molar-refractivity contribution >= 4 is 11.3 Å². The first-order valence-corrected chi connectivity index (χ1v) is 7.51. The summed E-state index contributed by atoms with van der Waals surface area (Å²) in [7, 11) is 0. The topological polar surface area (TPSA) is 62.4 Å². The second kappa shape index (κ2) is 5.81. The summed E-state index contributed by atoms with van der Waals surface area (Å²) in [6.07, 6.45) is 3.68. The van der Waals surface area contributed by atoms with Crippen LogP contribution in [-0.4, -0.2) is 39.3 Å². The Balaban J connectivity index is 1.68. The van der Waals surface area contributed by atoms with Gasteiger partial charge in [-0.05, 0) is 24.3 Å². The molecule has 1 aliphatic rings. The van der Waals surface area contributed by atoms with Gasteiger partial charge in [0, 0.05) is 18.0 Å². The summed E-state index contributed by atoms with van der Waals surface area (Å²) in [4.78, 5) is 6.66. The van der Waals surface area contributed by atoms with Crippen molar-refractivity contribution in [2.24, 2.45) is 0 Å². The molecule has 2 aromatic rings. The van der Waals surface area contributed by atoms with Crippen molar-refractivity contribution in [2.45, 2.75) is 31.8 Å². The lowest BCUT2D eigenvalue weighted by Crippen LogP contribution is -2.41.